The maximum Gasteiger partial charge on any atom is 0.253 e. The third kappa shape index (κ3) is 3.00. The van der Waals surface area contributed by atoms with Crippen molar-refractivity contribution in [1.82, 2.24) is 20.8 Å². The molecule has 2 rings (SSSR count). The first-order valence-electron chi connectivity index (χ1n) is 5.99. The van der Waals surface area contributed by atoms with Gasteiger partial charge >= 0.3 is 0 Å². The van der Waals surface area contributed by atoms with Crippen LogP contribution in [0.1, 0.15) is 34.6 Å². The second-order valence-electron chi connectivity index (χ2n) is 4.50. The fraction of sp³-hybridized carbons (Fsp3) is 0.583. The fourth-order valence-electron chi connectivity index (χ4n) is 2.02. The van der Waals surface area contributed by atoms with Crippen molar-refractivity contribution >= 4 is 5.91 Å². The highest BCUT2D eigenvalue weighted by Gasteiger charge is 2.18. The van der Waals surface area contributed by atoms with E-state index in [9.17, 15) is 4.79 Å². The Hall–Kier alpha value is -1.49. The van der Waals surface area contributed by atoms with Gasteiger partial charge in [-0.15, -0.1) is 0 Å². The molecule has 92 valence electrons. The summed E-state index contributed by atoms with van der Waals surface area (Å²) in [5, 5.41) is 14.2. The van der Waals surface area contributed by atoms with E-state index < -0.39 is 0 Å². The van der Waals surface area contributed by atoms with Crippen LogP contribution in [0, 0.1) is 13.8 Å². The Kier molecular flexibility index (Phi) is 3.68. The zero-order valence-corrected chi connectivity index (χ0v) is 10.3. The molecular weight excluding hydrogens is 216 g/mol. The number of nitrogens with one attached hydrogen (secondary N) is 2. The van der Waals surface area contributed by atoms with E-state index in [4.69, 9.17) is 0 Å². The summed E-state index contributed by atoms with van der Waals surface area (Å²) in [5.41, 5.74) is 2.07. The van der Waals surface area contributed by atoms with Gasteiger partial charge in [0.25, 0.3) is 5.91 Å². The average molecular weight is 234 g/mol. The molecule has 1 saturated heterocycles. The largest absolute Gasteiger partial charge is 0.348 e. The van der Waals surface area contributed by atoms with Gasteiger partial charge in [0.05, 0.1) is 17.0 Å². The summed E-state index contributed by atoms with van der Waals surface area (Å²) in [6.07, 6.45) is 2.15. The molecule has 1 fully saturated rings. The third-order valence-electron chi connectivity index (χ3n) is 2.98. The van der Waals surface area contributed by atoms with Crippen LogP contribution in [-0.4, -0.2) is 35.2 Å². The van der Waals surface area contributed by atoms with Crippen molar-refractivity contribution in [2.45, 2.75) is 32.7 Å². The van der Waals surface area contributed by atoms with Crippen LogP contribution in [0.15, 0.2) is 6.07 Å². The van der Waals surface area contributed by atoms with Gasteiger partial charge in [0, 0.05) is 12.6 Å². The highest BCUT2D eigenvalue weighted by Crippen LogP contribution is 2.07. The van der Waals surface area contributed by atoms with Crippen molar-refractivity contribution in [3.63, 3.8) is 0 Å². The minimum atomic E-state index is -0.0470. The first-order chi connectivity index (χ1) is 8.16. The quantitative estimate of drug-likeness (QED) is 0.785. The van der Waals surface area contributed by atoms with Gasteiger partial charge in [-0.2, -0.15) is 10.2 Å². The highest BCUT2D eigenvalue weighted by atomic mass is 16.1. The van der Waals surface area contributed by atoms with E-state index in [-0.39, 0.29) is 11.9 Å². The second-order valence-corrected chi connectivity index (χ2v) is 4.50. The summed E-state index contributed by atoms with van der Waals surface area (Å²) < 4.78 is 0. The maximum atomic E-state index is 12.1. The van der Waals surface area contributed by atoms with Gasteiger partial charge in [-0.1, -0.05) is 0 Å². The summed E-state index contributed by atoms with van der Waals surface area (Å²) in [6, 6.07) is 2.01. The van der Waals surface area contributed by atoms with Gasteiger partial charge in [-0.05, 0) is 39.3 Å². The minimum Gasteiger partial charge on any atom is -0.348 e. The zero-order valence-electron chi connectivity index (χ0n) is 10.3. The maximum absolute atomic E-state index is 12.1. The Morgan fingerprint density at radius 1 is 1.47 bits per heavy atom. The van der Waals surface area contributed by atoms with E-state index >= 15 is 0 Å². The zero-order chi connectivity index (χ0) is 12.3. The molecule has 1 aliphatic rings. The van der Waals surface area contributed by atoms with E-state index in [1.165, 1.54) is 0 Å². The van der Waals surface area contributed by atoms with Gasteiger partial charge in [0.1, 0.15) is 0 Å². The van der Waals surface area contributed by atoms with Gasteiger partial charge in [-0.3, -0.25) is 4.79 Å². The molecule has 1 aromatic rings. The van der Waals surface area contributed by atoms with Crippen LogP contribution >= 0.6 is 0 Å². The number of carbonyl (C=O) groups excluding carboxylic acids is 1. The van der Waals surface area contributed by atoms with Gasteiger partial charge < -0.3 is 10.6 Å². The first kappa shape index (κ1) is 12.0. The first-order valence-corrected chi connectivity index (χ1v) is 5.99. The van der Waals surface area contributed by atoms with Crippen LogP contribution in [0.3, 0.4) is 0 Å². The Balaban J connectivity index is 2.05. The molecule has 1 aromatic heterocycles. The molecule has 0 spiro atoms. The summed E-state index contributed by atoms with van der Waals surface area (Å²) in [4.78, 5) is 12.1. The molecule has 0 radical (unpaired) electrons. The lowest BCUT2D eigenvalue weighted by Gasteiger charge is -2.24. The van der Waals surface area contributed by atoms with Gasteiger partial charge in [0.2, 0.25) is 0 Å². The molecule has 1 amide bonds. The van der Waals surface area contributed by atoms with Crippen LogP contribution < -0.4 is 10.6 Å². The molecule has 0 aromatic carbocycles. The highest BCUT2D eigenvalue weighted by molar-refractivity contribution is 5.95. The molecule has 2 heterocycles. The van der Waals surface area contributed by atoms with Crippen molar-refractivity contribution in [2.75, 3.05) is 13.1 Å². The van der Waals surface area contributed by atoms with E-state index in [0.29, 0.717) is 11.3 Å². The molecule has 0 saturated carbocycles. The number of piperidine rings is 1. The minimum absolute atomic E-state index is 0.0470. The van der Waals surface area contributed by atoms with Crippen molar-refractivity contribution in [3.05, 3.63) is 23.0 Å². The van der Waals surface area contributed by atoms with Crippen LogP contribution in [0.2, 0.25) is 0 Å². The standard InChI is InChI=1S/C12H18N4O/c1-8-6-11(9(2)16-15-8)12(17)14-10-4-3-5-13-7-10/h6,10,13H,3-5,7H2,1-2H3,(H,14,17)/t10-/m1/s1. The monoisotopic (exact) mass is 234 g/mol. The number of hydrogen-bond acceptors (Lipinski definition) is 4. The van der Waals surface area contributed by atoms with E-state index in [1.54, 1.807) is 13.0 Å². The normalized spacial score (nSPS) is 20.0. The van der Waals surface area contributed by atoms with E-state index in [2.05, 4.69) is 20.8 Å². The summed E-state index contributed by atoms with van der Waals surface area (Å²) in [5.74, 6) is -0.0470. The number of nitrogens with zero attached hydrogens (tertiary/aromatic N) is 2. The van der Waals surface area contributed by atoms with Crippen LogP contribution in [0.25, 0.3) is 0 Å². The van der Waals surface area contributed by atoms with Crippen molar-refractivity contribution in [2.24, 2.45) is 0 Å². The van der Waals surface area contributed by atoms with Crippen molar-refractivity contribution < 1.29 is 4.79 Å². The lowest BCUT2D eigenvalue weighted by Crippen LogP contribution is -2.45. The SMILES string of the molecule is Cc1cc(C(=O)N[C@@H]2CCCNC2)c(C)nn1. The smallest absolute Gasteiger partial charge is 0.253 e. The lowest BCUT2D eigenvalue weighted by atomic mass is 10.1. The number of hydrogen-bond donors (Lipinski definition) is 2. The van der Waals surface area contributed by atoms with E-state index in [0.717, 1.165) is 31.6 Å². The molecule has 0 aliphatic carbocycles. The number of aromatic nitrogens is 2. The van der Waals surface area contributed by atoms with Crippen LogP contribution in [0.4, 0.5) is 0 Å². The number of carbonyl (C=O) groups is 1. The molecule has 17 heavy (non-hydrogen) atoms. The molecule has 2 N–H and O–H groups in total. The van der Waals surface area contributed by atoms with Gasteiger partial charge in [0.15, 0.2) is 0 Å². The van der Waals surface area contributed by atoms with Gasteiger partial charge in [-0.25, -0.2) is 0 Å². The lowest BCUT2D eigenvalue weighted by molar-refractivity contribution is 0.0929. The molecule has 0 bridgehead atoms. The number of rotatable bonds is 2. The summed E-state index contributed by atoms with van der Waals surface area (Å²) in [7, 11) is 0. The van der Waals surface area contributed by atoms with E-state index in [1.807, 2.05) is 6.92 Å². The molecule has 1 atom stereocenters. The van der Waals surface area contributed by atoms with Crippen molar-refractivity contribution in [1.29, 1.82) is 0 Å². The predicted molar refractivity (Wildman–Crippen MR) is 64.9 cm³/mol. The second kappa shape index (κ2) is 5.23. The predicted octanol–water partition coefficient (Wildman–Crippen LogP) is 0.575. The Morgan fingerprint density at radius 3 is 3.00 bits per heavy atom. The molecular formula is C12H18N4O. The van der Waals surface area contributed by atoms with Crippen molar-refractivity contribution in [3.8, 4) is 0 Å². The van der Waals surface area contributed by atoms with Crippen LogP contribution in [-0.2, 0) is 0 Å². The number of aryl methyl sites for hydroxylation is 2. The Labute approximate surface area is 101 Å². The fourth-order valence-corrected chi connectivity index (χ4v) is 2.02. The third-order valence-corrected chi connectivity index (χ3v) is 2.98. The topological polar surface area (TPSA) is 66.9 Å². The molecule has 5 heteroatoms. The Morgan fingerprint density at radius 2 is 2.29 bits per heavy atom. The average Bonchev–Trinajstić information content (AvgIpc) is 2.33. The summed E-state index contributed by atoms with van der Waals surface area (Å²) in [6.45, 7) is 5.54. The van der Waals surface area contributed by atoms with Crippen LogP contribution in [0.5, 0.6) is 0 Å². The Bertz CT molecular complexity index is 413. The number of amides is 1. The summed E-state index contributed by atoms with van der Waals surface area (Å²) >= 11 is 0. The molecule has 1 aliphatic heterocycles. The molecule has 0 unspecified atom stereocenters. The molecule has 5 nitrogen and oxygen atoms in total.